The number of halogens is 1. The number of hydrogen-bond acceptors (Lipinski definition) is 3. The van der Waals surface area contributed by atoms with Crippen LogP contribution in [0.3, 0.4) is 0 Å². The summed E-state index contributed by atoms with van der Waals surface area (Å²) in [5, 5.41) is 4.73. The lowest BCUT2D eigenvalue weighted by Gasteiger charge is -2.11. The summed E-state index contributed by atoms with van der Waals surface area (Å²) in [6.45, 7) is 0. The van der Waals surface area contributed by atoms with Crippen molar-refractivity contribution < 1.29 is 4.79 Å². The van der Waals surface area contributed by atoms with Gasteiger partial charge in [0.2, 0.25) is 0 Å². The SMILES string of the molecule is O=C1CCCCC1=NNc1ccccc1Cl. The van der Waals surface area contributed by atoms with E-state index in [1.807, 2.05) is 18.2 Å². The van der Waals surface area contributed by atoms with Gasteiger partial charge in [-0.15, -0.1) is 0 Å². The second-order valence-electron chi connectivity index (χ2n) is 3.78. The minimum Gasteiger partial charge on any atom is -0.293 e. The summed E-state index contributed by atoms with van der Waals surface area (Å²) in [6.07, 6.45) is 3.39. The van der Waals surface area contributed by atoms with Gasteiger partial charge in [0.05, 0.1) is 10.7 Å². The van der Waals surface area contributed by atoms with Gasteiger partial charge < -0.3 is 0 Å². The average molecular weight is 237 g/mol. The summed E-state index contributed by atoms with van der Waals surface area (Å²) in [6, 6.07) is 7.34. The Morgan fingerprint density at radius 3 is 2.69 bits per heavy atom. The van der Waals surface area contributed by atoms with E-state index < -0.39 is 0 Å². The normalized spacial score (nSPS) is 18.8. The minimum absolute atomic E-state index is 0.144. The summed E-state index contributed by atoms with van der Waals surface area (Å²) < 4.78 is 0. The van der Waals surface area contributed by atoms with Crippen LogP contribution in [0.5, 0.6) is 0 Å². The molecule has 0 amide bonds. The highest BCUT2D eigenvalue weighted by Crippen LogP contribution is 2.21. The largest absolute Gasteiger partial charge is 0.293 e. The number of para-hydroxylation sites is 1. The molecule has 1 saturated carbocycles. The Morgan fingerprint density at radius 2 is 1.94 bits per heavy atom. The number of ketones is 1. The van der Waals surface area contributed by atoms with Crippen LogP contribution < -0.4 is 5.43 Å². The fourth-order valence-corrected chi connectivity index (χ4v) is 1.84. The van der Waals surface area contributed by atoms with Crippen molar-refractivity contribution in [1.82, 2.24) is 0 Å². The van der Waals surface area contributed by atoms with Crippen molar-refractivity contribution in [2.75, 3.05) is 5.43 Å². The highest BCUT2D eigenvalue weighted by atomic mass is 35.5. The molecule has 1 aliphatic rings. The molecule has 84 valence electrons. The highest BCUT2D eigenvalue weighted by molar-refractivity contribution is 6.40. The van der Waals surface area contributed by atoms with E-state index >= 15 is 0 Å². The monoisotopic (exact) mass is 236 g/mol. The molecule has 3 nitrogen and oxygen atoms in total. The molecule has 0 unspecified atom stereocenters. The Kier molecular flexibility index (Phi) is 3.57. The van der Waals surface area contributed by atoms with E-state index in [9.17, 15) is 4.79 Å². The number of carbonyl (C=O) groups excluding carboxylic acids is 1. The van der Waals surface area contributed by atoms with Gasteiger partial charge in [0, 0.05) is 6.42 Å². The Hall–Kier alpha value is -1.35. The summed E-state index contributed by atoms with van der Waals surface area (Å²) in [5.41, 5.74) is 4.21. The lowest BCUT2D eigenvalue weighted by molar-refractivity contribution is -0.113. The summed E-state index contributed by atoms with van der Waals surface area (Å²) in [7, 11) is 0. The maximum Gasteiger partial charge on any atom is 0.178 e. The number of carbonyl (C=O) groups is 1. The number of benzene rings is 1. The van der Waals surface area contributed by atoms with Crippen LogP contribution in [0.4, 0.5) is 5.69 Å². The number of Topliss-reactive ketones (excluding diaryl/α,β-unsaturated/α-hetero) is 1. The molecule has 1 fully saturated rings. The molecule has 0 aromatic heterocycles. The van der Waals surface area contributed by atoms with Crippen LogP contribution in [0.25, 0.3) is 0 Å². The standard InChI is InChI=1S/C12H13ClN2O/c13-9-5-1-2-6-10(9)14-15-11-7-3-4-8-12(11)16/h1-2,5-6,14H,3-4,7-8H2. The third kappa shape index (κ3) is 2.61. The maximum atomic E-state index is 11.5. The first-order valence-electron chi connectivity index (χ1n) is 5.37. The molecule has 16 heavy (non-hydrogen) atoms. The van der Waals surface area contributed by atoms with Crippen molar-refractivity contribution in [1.29, 1.82) is 0 Å². The number of nitrogens with zero attached hydrogens (tertiary/aromatic N) is 1. The molecule has 2 rings (SSSR count). The number of hydrazone groups is 1. The van der Waals surface area contributed by atoms with Crippen LogP contribution in [-0.2, 0) is 4.79 Å². The third-order valence-electron chi connectivity index (χ3n) is 2.57. The Morgan fingerprint density at radius 1 is 1.19 bits per heavy atom. The smallest absolute Gasteiger partial charge is 0.178 e. The lowest BCUT2D eigenvalue weighted by atomic mass is 9.97. The van der Waals surface area contributed by atoms with Crippen LogP contribution in [0.15, 0.2) is 29.4 Å². The zero-order chi connectivity index (χ0) is 11.4. The van der Waals surface area contributed by atoms with E-state index in [0.29, 0.717) is 17.2 Å². The molecule has 0 saturated heterocycles. The van der Waals surface area contributed by atoms with Crippen molar-refractivity contribution >= 4 is 28.8 Å². The van der Waals surface area contributed by atoms with Gasteiger partial charge in [-0.2, -0.15) is 5.10 Å². The Labute approximate surface area is 99.5 Å². The zero-order valence-electron chi connectivity index (χ0n) is 8.87. The molecule has 1 aliphatic carbocycles. The summed E-state index contributed by atoms with van der Waals surface area (Å²) in [4.78, 5) is 11.5. The second-order valence-corrected chi connectivity index (χ2v) is 4.19. The van der Waals surface area contributed by atoms with Gasteiger partial charge >= 0.3 is 0 Å². The van der Waals surface area contributed by atoms with Crippen LogP contribution >= 0.6 is 11.6 Å². The molecule has 4 heteroatoms. The first-order chi connectivity index (χ1) is 7.77. The predicted octanol–water partition coefficient (Wildman–Crippen LogP) is 3.25. The number of hydrogen-bond donors (Lipinski definition) is 1. The van der Waals surface area contributed by atoms with Crippen LogP contribution in [0, 0.1) is 0 Å². The van der Waals surface area contributed by atoms with E-state index in [2.05, 4.69) is 10.5 Å². The first-order valence-corrected chi connectivity index (χ1v) is 5.75. The van der Waals surface area contributed by atoms with Crippen LogP contribution in [0.1, 0.15) is 25.7 Å². The quantitative estimate of drug-likeness (QED) is 0.801. The molecule has 0 bridgehead atoms. The van der Waals surface area contributed by atoms with Crippen molar-refractivity contribution in [3.05, 3.63) is 29.3 Å². The fraction of sp³-hybridized carbons (Fsp3) is 0.333. The lowest BCUT2D eigenvalue weighted by Crippen LogP contribution is -2.19. The number of anilines is 1. The molecule has 0 atom stereocenters. The van der Waals surface area contributed by atoms with E-state index in [1.54, 1.807) is 6.07 Å². The van der Waals surface area contributed by atoms with Crippen molar-refractivity contribution in [3.8, 4) is 0 Å². The van der Waals surface area contributed by atoms with E-state index in [-0.39, 0.29) is 5.78 Å². The maximum absolute atomic E-state index is 11.5. The molecule has 1 aromatic rings. The number of nitrogens with one attached hydrogen (secondary N) is 1. The Balaban J connectivity index is 2.08. The van der Waals surface area contributed by atoms with E-state index in [4.69, 9.17) is 11.6 Å². The summed E-state index contributed by atoms with van der Waals surface area (Å²) >= 11 is 5.96. The van der Waals surface area contributed by atoms with Gasteiger partial charge in [0.25, 0.3) is 0 Å². The molecule has 0 heterocycles. The van der Waals surface area contributed by atoms with Crippen molar-refractivity contribution in [3.63, 3.8) is 0 Å². The van der Waals surface area contributed by atoms with Gasteiger partial charge in [-0.1, -0.05) is 23.7 Å². The van der Waals surface area contributed by atoms with Crippen LogP contribution in [0.2, 0.25) is 5.02 Å². The molecule has 0 radical (unpaired) electrons. The molecular weight excluding hydrogens is 224 g/mol. The predicted molar refractivity (Wildman–Crippen MR) is 66.0 cm³/mol. The van der Waals surface area contributed by atoms with Gasteiger partial charge in [-0.3, -0.25) is 10.2 Å². The van der Waals surface area contributed by atoms with Crippen molar-refractivity contribution in [2.45, 2.75) is 25.7 Å². The van der Waals surface area contributed by atoms with Gasteiger partial charge in [0.15, 0.2) is 5.78 Å². The van der Waals surface area contributed by atoms with Crippen LogP contribution in [-0.4, -0.2) is 11.5 Å². The second kappa shape index (κ2) is 5.12. The highest BCUT2D eigenvalue weighted by Gasteiger charge is 2.16. The van der Waals surface area contributed by atoms with E-state index in [0.717, 1.165) is 24.9 Å². The molecule has 0 spiro atoms. The molecule has 1 N–H and O–H groups in total. The van der Waals surface area contributed by atoms with Gasteiger partial charge in [0.1, 0.15) is 5.71 Å². The van der Waals surface area contributed by atoms with Gasteiger partial charge in [-0.25, -0.2) is 0 Å². The minimum atomic E-state index is 0.144. The molecular formula is C12H13ClN2O. The number of rotatable bonds is 2. The topological polar surface area (TPSA) is 41.5 Å². The Bertz CT molecular complexity index is 429. The average Bonchev–Trinajstić information content (AvgIpc) is 2.30. The molecule has 1 aromatic carbocycles. The van der Waals surface area contributed by atoms with E-state index in [1.165, 1.54) is 0 Å². The summed E-state index contributed by atoms with van der Waals surface area (Å²) in [5.74, 6) is 0.144. The fourth-order valence-electron chi connectivity index (χ4n) is 1.66. The third-order valence-corrected chi connectivity index (χ3v) is 2.90. The van der Waals surface area contributed by atoms with Crippen molar-refractivity contribution in [2.24, 2.45) is 5.10 Å². The molecule has 0 aliphatic heterocycles. The first kappa shape index (κ1) is 11.1. The van der Waals surface area contributed by atoms with Gasteiger partial charge in [-0.05, 0) is 31.4 Å². The zero-order valence-corrected chi connectivity index (χ0v) is 9.63.